The lowest BCUT2D eigenvalue weighted by atomic mass is 10.0. The number of benzene rings is 2. The van der Waals surface area contributed by atoms with Crippen LogP contribution in [-0.2, 0) is 11.3 Å². The number of halogens is 1. The van der Waals surface area contributed by atoms with E-state index in [-0.39, 0.29) is 29.5 Å². The average Bonchev–Trinajstić information content (AvgIpc) is 2.72. The molecule has 3 rings (SSSR count). The van der Waals surface area contributed by atoms with Crippen LogP contribution in [-0.4, -0.2) is 37.7 Å². The van der Waals surface area contributed by atoms with Crippen LogP contribution < -0.4 is 20.9 Å². The summed E-state index contributed by atoms with van der Waals surface area (Å²) in [4.78, 5) is 15.6. The van der Waals surface area contributed by atoms with Crippen molar-refractivity contribution in [1.82, 2.24) is 5.32 Å². The van der Waals surface area contributed by atoms with Gasteiger partial charge in [-0.05, 0) is 25.1 Å². The molecule has 1 aliphatic rings. The third-order valence-electron chi connectivity index (χ3n) is 4.94. The van der Waals surface area contributed by atoms with E-state index in [0.717, 1.165) is 5.69 Å². The van der Waals surface area contributed by atoms with Gasteiger partial charge in [-0.1, -0.05) is 24.3 Å². The van der Waals surface area contributed by atoms with Crippen LogP contribution in [0.5, 0.6) is 0 Å². The molecule has 8 nitrogen and oxygen atoms in total. The molecule has 0 aliphatic carbocycles. The molecular weight excluding hydrogens is 387 g/mol. The lowest BCUT2D eigenvalue weighted by Gasteiger charge is -2.42. The zero-order valence-electron chi connectivity index (χ0n) is 16.6. The molecule has 1 atom stereocenters. The molecule has 2 aromatic rings. The normalized spacial score (nSPS) is 16.0. The van der Waals surface area contributed by atoms with E-state index in [4.69, 9.17) is 15.9 Å². The number of guanidine groups is 1. The Hall–Kier alpha value is -3.80. The Labute approximate surface area is 174 Å². The van der Waals surface area contributed by atoms with Crippen LogP contribution in [0.1, 0.15) is 18.1 Å². The van der Waals surface area contributed by atoms with Crippen LogP contribution in [0.2, 0.25) is 0 Å². The predicted octanol–water partition coefficient (Wildman–Crippen LogP) is 2.53. The lowest BCUT2D eigenvalue weighted by Crippen LogP contribution is -2.52. The fourth-order valence-corrected chi connectivity index (χ4v) is 3.57. The Morgan fingerprint density at radius 3 is 2.70 bits per heavy atom. The summed E-state index contributed by atoms with van der Waals surface area (Å²) in [6, 6.07) is 15.1. The maximum Gasteiger partial charge on any atom is 0.414 e. The molecule has 30 heavy (non-hydrogen) atoms. The summed E-state index contributed by atoms with van der Waals surface area (Å²) in [6.07, 6.45) is -0.946. The number of nitrogens with zero attached hydrogens (tertiary/aromatic N) is 3. The highest BCUT2D eigenvalue weighted by Gasteiger charge is 2.28. The summed E-state index contributed by atoms with van der Waals surface area (Å²) in [5.41, 5.74) is 6.75. The van der Waals surface area contributed by atoms with Crippen LogP contribution >= 0.6 is 0 Å². The van der Waals surface area contributed by atoms with Crippen LogP contribution in [0, 0.1) is 22.6 Å². The molecule has 1 saturated heterocycles. The number of anilines is 2. The number of carbonyl (C=O) groups is 1. The van der Waals surface area contributed by atoms with Gasteiger partial charge in [0.25, 0.3) is 0 Å². The average molecular weight is 410 g/mol. The van der Waals surface area contributed by atoms with E-state index >= 15 is 4.39 Å². The number of ether oxygens (including phenoxy) is 1. The Bertz CT molecular complexity index is 975. The number of para-hydroxylation sites is 1. The summed E-state index contributed by atoms with van der Waals surface area (Å²) in [5.74, 6) is -1.16. The monoisotopic (exact) mass is 410 g/mol. The van der Waals surface area contributed by atoms with Gasteiger partial charge in [-0.3, -0.25) is 10.7 Å². The minimum absolute atomic E-state index is 0.105. The highest BCUT2D eigenvalue weighted by atomic mass is 19.1. The minimum Gasteiger partial charge on any atom is -0.444 e. The summed E-state index contributed by atoms with van der Waals surface area (Å²) in [7, 11) is 0. The summed E-state index contributed by atoms with van der Waals surface area (Å²) < 4.78 is 20.2. The summed E-state index contributed by atoms with van der Waals surface area (Å²) in [6.45, 7) is 3.47. The Balaban J connectivity index is 1.79. The first-order chi connectivity index (χ1) is 14.4. The number of carbonyl (C=O) groups excluding carboxylic acids is 1. The van der Waals surface area contributed by atoms with Crippen molar-refractivity contribution in [3.8, 4) is 6.07 Å². The quantitative estimate of drug-likeness (QED) is 0.527. The second kappa shape index (κ2) is 9.13. The van der Waals surface area contributed by atoms with Gasteiger partial charge in [0, 0.05) is 36.9 Å². The lowest BCUT2D eigenvalue weighted by molar-refractivity contribution is 0.143. The first-order valence-electron chi connectivity index (χ1n) is 9.46. The van der Waals surface area contributed by atoms with Crippen molar-refractivity contribution in [2.24, 2.45) is 5.73 Å². The summed E-state index contributed by atoms with van der Waals surface area (Å²) >= 11 is 0. The van der Waals surface area contributed by atoms with Gasteiger partial charge < -0.3 is 20.3 Å². The molecule has 1 unspecified atom stereocenters. The van der Waals surface area contributed by atoms with E-state index in [1.54, 1.807) is 0 Å². The van der Waals surface area contributed by atoms with Crippen LogP contribution in [0.25, 0.3) is 0 Å². The highest BCUT2D eigenvalue weighted by molar-refractivity contribution is 5.90. The number of nitrogens with two attached hydrogens (primary N) is 1. The van der Waals surface area contributed by atoms with Crippen LogP contribution in [0.3, 0.4) is 0 Å². The van der Waals surface area contributed by atoms with Crippen molar-refractivity contribution in [3.63, 3.8) is 0 Å². The molecule has 0 bridgehead atoms. The number of hydrogen-bond donors (Lipinski definition) is 3. The molecule has 2 aromatic carbocycles. The van der Waals surface area contributed by atoms with E-state index in [0.29, 0.717) is 19.6 Å². The second-order valence-corrected chi connectivity index (χ2v) is 6.99. The minimum atomic E-state index is -0.946. The number of alkyl carbamates (subject to hydrolysis) is 1. The summed E-state index contributed by atoms with van der Waals surface area (Å²) in [5, 5.41) is 18.5. The molecular formula is C21H23FN6O2. The maximum atomic E-state index is 15.3. The van der Waals surface area contributed by atoms with Gasteiger partial charge in [0.2, 0.25) is 0 Å². The van der Waals surface area contributed by atoms with E-state index in [1.807, 2.05) is 46.6 Å². The van der Waals surface area contributed by atoms with Gasteiger partial charge in [0.15, 0.2) is 11.8 Å². The van der Waals surface area contributed by atoms with Gasteiger partial charge >= 0.3 is 6.09 Å². The Morgan fingerprint density at radius 2 is 2.07 bits per heavy atom. The molecule has 0 aromatic heterocycles. The number of nitrogens with one attached hydrogen (secondary N) is 2. The van der Waals surface area contributed by atoms with E-state index < -0.39 is 17.9 Å². The van der Waals surface area contributed by atoms with Crippen molar-refractivity contribution in [2.45, 2.75) is 19.6 Å². The molecule has 4 N–H and O–H groups in total. The third-order valence-corrected chi connectivity index (χ3v) is 4.94. The van der Waals surface area contributed by atoms with Gasteiger partial charge in [-0.2, -0.15) is 5.26 Å². The van der Waals surface area contributed by atoms with Crippen molar-refractivity contribution >= 4 is 23.4 Å². The zero-order valence-corrected chi connectivity index (χ0v) is 16.6. The SMILES string of the molecule is CC1CN(c2c(C#N)ccc(COC(=O)NC(=N)N)c2F)CCN1c1ccccc1. The third kappa shape index (κ3) is 4.60. The van der Waals surface area contributed by atoms with E-state index in [9.17, 15) is 10.1 Å². The van der Waals surface area contributed by atoms with Crippen LogP contribution in [0.15, 0.2) is 42.5 Å². The first kappa shape index (κ1) is 20.9. The van der Waals surface area contributed by atoms with Gasteiger partial charge in [0.1, 0.15) is 12.7 Å². The van der Waals surface area contributed by atoms with Gasteiger partial charge in [-0.25, -0.2) is 9.18 Å². The number of piperazine rings is 1. The molecule has 1 amide bonds. The molecule has 1 aliphatic heterocycles. The van der Waals surface area contributed by atoms with Crippen molar-refractivity contribution in [2.75, 3.05) is 29.4 Å². The molecule has 0 radical (unpaired) electrons. The molecule has 1 heterocycles. The number of amides is 1. The highest BCUT2D eigenvalue weighted by Crippen LogP contribution is 2.30. The fourth-order valence-electron chi connectivity index (χ4n) is 3.57. The van der Waals surface area contributed by atoms with Crippen molar-refractivity contribution in [3.05, 3.63) is 59.4 Å². The number of nitriles is 1. The number of rotatable bonds is 4. The van der Waals surface area contributed by atoms with Crippen molar-refractivity contribution in [1.29, 1.82) is 10.7 Å². The molecule has 0 saturated carbocycles. The molecule has 0 spiro atoms. The van der Waals surface area contributed by atoms with E-state index in [2.05, 4.69) is 11.8 Å². The predicted molar refractivity (Wildman–Crippen MR) is 112 cm³/mol. The molecule has 156 valence electrons. The second-order valence-electron chi connectivity index (χ2n) is 6.99. The topological polar surface area (TPSA) is 118 Å². The van der Waals surface area contributed by atoms with Crippen molar-refractivity contribution < 1.29 is 13.9 Å². The Kier molecular flexibility index (Phi) is 6.37. The van der Waals surface area contributed by atoms with Gasteiger partial charge in [-0.15, -0.1) is 0 Å². The maximum absolute atomic E-state index is 15.3. The van der Waals surface area contributed by atoms with Gasteiger partial charge in [0.05, 0.1) is 11.3 Å². The number of hydrogen-bond acceptors (Lipinski definition) is 6. The first-order valence-corrected chi connectivity index (χ1v) is 9.46. The fraction of sp³-hybridized carbons (Fsp3) is 0.286. The smallest absolute Gasteiger partial charge is 0.414 e. The van der Waals surface area contributed by atoms with Crippen LogP contribution in [0.4, 0.5) is 20.6 Å². The molecule has 9 heteroatoms. The zero-order chi connectivity index (χ0) is 21.7. The van der Waals surface area contributed by atoms with E-state index in [1.165, 1.54) is 12.1 Å². The molecule has 1 fully saturated rings. The largest absolute Gasteiger partial charge is 0.444 e. The standard InChI is InChI=1S/C21H23FN6O2/c1-14-12-27(9-10-28(14)17-5-3-2-4-6-17)19-15(11-23)7-8-16(18(19)22)13-30-21(29)26-20(24)25/h2-8,14H,9-10,12-13H2,1H3,(H4,24,25,26,29). The Morgan fingerprint density at radius 1 is 1.33 bits per heavy atom.